The largest absolute Gasteiger partial charge is 0.380 e. The molecule has 2 aromatic carbocycles. The van der Waals surface area contributed by atoms with Crippen molar-refractivity contribution in [2.45, 2.75) is 45.8 Å². The standard InChI is InChI=1S/C29H32Cl2N4O2.ClH/c1-19-26(28(36)32-29(2,3)4)33-35(27(19)21-9-11-22(30)12-10-21)25-13-8-20(17-24(25)31)7-6-15-34-16-14-23(18-34)37-5;/h8-13,17,23H,14-16,18H2,1-5H3,(H,32,36);1H/t23-;/m0./s1. The van der Waals surface area contributed by atoms with Crippen molar-refractivity contribution in [3.8, 4) is 28.8 Å². The van der Waals surface area contributed by atoms with Gasteiger partial charge >= 0.3 is 0 Å². The van der Waals surface area contributed by atoms with Gasteiger partial charge in [0.15, 0.2) is 5.69 Å². The maximum Gasteiger partial charge on any atom is 0.272 e. The second kappa shape index (κ2) is 12.5. The summed E-state index contributed by atoms with van der Waals surface area (Å²) >= 11 is 12.9. The van der Waals surface area contributed by atoms with E-state index in [1.165, 1.54) is 0 Å². The number of rotatable bonds is 5. The molecule has 9 heteroatoms. The zero-order chi connectivity index (χ0) is 26.7. The van der Waals surface area contributed by atoms with Crippen LogP contribution in [-0.2, 0) is 4.74 Å². The topological polar surface area (TPSA) is 59.4 Å². The van der Waals surface area contributed by atoms with Gasteiger partial charge in [0.2, 0.25) is 0 Å². The molecule has 2 heterocycles. The van der Waals surface area contributed by atoms with E-state index in [0.29, 0.717) is 34.1 Å². The molecule has 6 nitrogen and oxygen atoms in total. The van der Waals surface area contributed by atoms with Gasteiger partial charge in [-0.15, -0.1) is 12.4 Å². The Morgan fingerprint density at radius 2 is 1.89 bits per heavy atom. The second-order valence-electron chi connectivity index (χ2n) is 10.3. The number of carbonyl (C=O) groups is 1. The summed E-state index contributed by atoms with van der Waals surface area (Å²) in [5, 5.41) is 8.85. The summed E-state index contributed by atoms with van der Waals surface area (Å²) < 4.78 is 7.15. The van der Waals surface area contributed by atoms with Crippen LogP contribution in [0.4, 0.5) is 0 Å². The maximum atomic E-state index is 13.1. The highest BCUT2D eigenvalue weighted by Gasteiger charge is 2.25. The van der Waals surface area contributed by atoms with E-state index in [4.69, 9.17) is 33.0 Å². The first-order valence-corrected chi connectivity index (χ1v) is 13.0. The van der Waals surface area contributed by atoms with E-state index >= 15 is 0 Å². The third-order valence-corrected chi connectivity index (χ3v) is 6.77. The summed E-state index contributed by atoms with van der Waals surface area (Å²) in [5.41, 5.74) is 3.84. The Morgan fingerprint density at radius 1 is 1.18 bits per heavy atom. The number of hydrogen-bond donors (Lipinski definition) is 1. The lowest BCUT2D eigenvalue weighted by molar-refractivity contribution is 0.0913. The zero-order valence-electron chi connectivity index (χ0n) is 22.3. The molecule has 1 aliphatic heterocycles. The predicted octanol–water partition coefficient (Wildman–Crippen LogP) is 6.18. The fourth-order valence-corrected chi connectivity index (χ4v) is 4.76. The Bertz CT molecular complexity index is 1350. The summed E-state index contributed by atoms with van der Waals surface area (Å²) in [6.45, 7) is 10.3. The molecule has 1 aromatic heterocycles. The van der Waals surface area contributed by atoms with Crippen LogP contribution in [0.2, 0.25) is 10.0 Å². The van der Waals surface area contributed by atoms with Gasteiger partial charge in [-0.1, -0.05) is 47.2 Å². The number of benzene rings is 2. The summed E-state index contributed by atoms with van der Waals surface area (Å²) in [6, 6.07) is 13.1. The molecule has 0 spiro atoms. The van der Waals surface area contributed by atoms with Gasteiger partial charge in [-0.05, 0) is 64.4 Å². The van der Waals surface area contributed by atoms with Crippen LogP contribution >= 0.6 is 35.6 Å². The van der Waals surface area contributed by atoms with E-state index < -0.39 is 5.54 Å². The first kappa shape index (κ1) is 30.0. The lowest BCUT2D eigenvalue weighted by atomic mass is 10.0. The third kappa shape index (κ3) is 7.11. The van der Waals surface area contributed by atoms with E-state index in [-0.39, 0.29) is 18.3 Å². The lowest BCUT2D eigenvalue weighted by Gasteiger charge is -2.19. The summed E-state index contributed by atoms with van der Waals surface area (Å²) in [4.78, 5) is 15.4. The number of amides is 1. The second-order valence-corrected chi connectivity index (χ2v) is 11.1. The monoisotopic (exact) mass is 574 g/mol. The number of methoxy groups -OCH3 is 1. The highest BCUT2D eigenvalue weighted by Crippen LogP contribution is 2.32. The molecule has 0 unspecified atom stereocenters. The smallest absolute Gasteiger partial charge is 0.272 e. The first-order valence-electron chi connectivity index (χ1n) is 12.3. The van der Waals surface area contributed by atoms with Crippen molar-refractivity contribution in [2.75, 3.05) is 26.7 Å². The van der Waals surface area contributed by atoms with Crippen molar-refractivity contribution >= 4 is 41.5 Å². The SMILES string of the molecule is CO[C@H]1CCN(CC#Cc2ccc(-n3nc(C(=O)NC(C)(C)C)c(C)c3-c3ccc(Cl)cc3)c(Cl)c2)C1.Cl. The fraction of sp³-hybridized carbons (Fsp3) is 0.379. The molecular weight excluding hydrogens is 543 g/mol. The quantitative estimate of drug-likeness (QED) is 0.369. The lowest BCUT2D eigenvalue weighted by Crippen LogP contribution is -2.41. The highest BCUT2D eigenvalue weighted by atomic mass is 35.5. The van der Waals surface area contributed by atoms with Crippen LogP contribution in [-0.4, -0.2) is 59.0 Å². The molecule has 1 saturated heterocycles. The number of carbonyl (C=O) groups excluding carboxylic acids is 1. The minimum absolute atomic E-state index is 0. The van der Waals surface area contributed by atoms with Crippen molar-refractivity contribution < 1.29 is 9.53 Å². The van der Waals surface area contributed by atoms with Gasteiger partial charge < -0.3 is 10.1 Å². The molecule has 1 aliphatic rings. The number of nitrogens with one attached hydrogen (secondary N) is 1. The van der Waals surface area contributed by atoms with Crippen LogP contribution < -0.4 is 5.32 Å². The Labute approximate surface area is 241 Å². The van der Waals surface area contributed by atoms with Crippen molar-refractivity contribution in [2.24, 2.45) is 0 Å². The molecule has 1 fully saturated rings. The van der Waals surface area contributed by atoms with E-state index in [1.54, 1.807) is 11.8 Å². The van der Waals surface area contributed by atoms with Gasteiger partial charge in [-0.2, -0.15) is 5.10 Å². The minimum atomic E-state index is -0.398. The van der Waals surface area contributed by atoms with Crippen molar-refractivity contribution in [1.29, 1.82) is 0 Å². The van der Waals surface area contributed by atoms with Crippen LogP contribution in [0.15, 0.2) is 42.5 Å². The Kier molecular flexibility index (Phi) is 9.91. The molecule has 38 heavy (non-hydrogen) atoms. The van der Waals surface area contributed by atoms with Gasteiger partial charge in [0.25, 0.3) is 5.91 Å². The summed E-state index contributed by atoms with van der Waals surface area (Å²) in [5.74, 6) is 6.21. The molecule has 1 atom stereocenters. The third-order valence-electron chi connectivity index (χ3n) is 6.22. The van der Waals surface area contributed by atoms with Gasteiger partial charge in [0.1, 0.15) is 0 Å². The average Bonchev–Trinajstić information content (AvgIpc) is 3.43. The van der Waals surface area contributed by atoms with Crippen molar-refractivity contribution in [3.63, 3.8) is 0 Å². The predicted molar refractivity (Wildman–Crippen MR) is 157 cm³/mol. The average molecular weight is 576 g/mol. The van der Waals surface area contributed by atoms with Gasteiger partial charge in [0, 0.05) is 47.5 Å². The van der Waals surface area contributed by atoms with E-state index in [9.17, 15) is 4.79 Å². The van der Waals surface area contributed by atoms with Crippen molar-refractivity contribution in [3.05, 3.63) is 69.3 Å². The number of nitrogens with zero attached hydrogens (tertiary/aromatic N) is 3. The summed E-state index contributed by atoms with van der Waals surface area (Å²) in [7, 11) is 1.75. The Hall–Kier alpha value is -2.53. The molecule has 202 valence electrons. The van der Waals surface area contributed by atoms with Crippen molar-refractivity contribution in [1.82, 2.24) is 20.0 Å². The molecule has 3 aromatic rings. The van der Waals surface area contributed by atoms with Crippen LogP contribution in [0.3, 0.4) is 0 Å². The van der Waals surface area contributed by atoms with Gasteiger partial charge in [0.05, 0.1) is 29.1 Å². The number of ether oxygens (including phenoxy) is 1. The van der Waals surface area contributed by atoms with Gasteiger partial charge in [-0.25, -0.2) is 4.68 Å². The van der Waals surface area contributed by atoms with E-state index in [1.807, 2.05) is 70.2 Å². The van der Waals surface area contributed by atoms with Crippen LogP contribution in [0.1, 0.15) is 48.8 Å². The molecule has 0 saturated carbocycles. The number of aromatic nitrogens is 2. The molecular formula is C29H33Cl3N4O2. The normalized spacial score (nSPS) is 15.5. The highest BCUT2D eigenvalue weighted by molar-refractivity contribution is 6.32. The van der Waals surface area contributed by atoms with Gasteiger partial charge in [-0.3, -0.25) is 9.69 Å². The molecule has 0 aliphatic carbocycles. The number of likely N-dealkylation sites (tertiary alicyclic amines) is 1. The molecule has 1 N–H and O–H groups in total. The summed E-state index contributed by atoms with van der Waals surface area (Å²) in [6.07, 6.45) is 1.33. The van der Waals surface area contributed by atoms with Crippen LogP contribution in [0, 0.1) is 18.8 Å². The molecule has 4 rings (SSSR count). The van der Waals surface area contributed by atoms with Crippen LogP contribution in [0.5, 0.6) is 0 Å². The number of halogens is 3. The molecule has 0 bridgehead atoms. The first-order chi connectivity index (χ1) is 17.6. The fourth-order valence-electron chi connectivity index (χ4n) is 4.38. The molecule has 0 radical (unpaired) electrons. The zero-order valence-corrected chi connectivity index (χ0v) is 24.6. The molecule has 1 amide bonds. The Balaban J connectivity index is 0.00000400. The maximum absolute atomic E-state index is 13.1. The Morgan fingerprint density at radius 3 is 2.50 bits per heavy atom. The van der Waals surface area contributed by atoms with Crippen LogP contribution in [0.25, 0.3) is 16.9 Å². The number of hydrogen-bond acceptors (Lipinski definition) is 4. The minimum Gasteiger partial charge on any atom is -0.380 e. The van der Waals surface area contributed by atoms with E-state index in [2.05, 4.69) is 22.1 Å². The van der Waals surface area contributed by atoms with E-state index in [0.717, 1.165) is 41.9 Å².